The first-order valence-corrected chi connectivity index (χ1v) is 8.32. The zero-order chi connectivity index (χ0) is 19.4. The maximum Gasteiger partial charge on any atom is 0.281 e. The number of carbonyl (C=O) groups excluding carboxylic acids is 1. The van der Waals surface area contributed by atoms with Gasteiger partial charge in [0.25, 0.3) is 5.91 Å². The van der Waals surface area contributed by atoms with E-state index in [4.69, 9.17) is 5.11 Å². The van der Waals surface area contributed by atoms with Gasteiger partial charge in [-0.2, -0.15) is 5.10 Å². The van der Waals surface area contributed by atoms with Gasteiger partial charge in [0.15, 0.2) is 0 Å². The Bertz CT molecular complexity index is 800. The Hall–Kier alpha value is -3.18. The molecule has 2 rings (SSSR count). The molecule has 1 heterocycles. The van der Waals surface area contributed by atoms with Crippen LogP contribution < -0.4 is 0 Å². The third-order valence-corrected chi connectivity index (χ3v) is 3.15. The van der Waals surface area contributed by atoms with Crippen LogP contribution in [-0.4, -0.2) is 32.5 Å². The van der Waals surface area contributed by atoms with Gasteiger partial charge < -0.3 is 10.2 Å². The van der Waals surface area contributed by atoms with Crippen molar-refractivity contribution in [2.24, 2.45) is 0 Å². The van der Waals surface area contributed by atoms with Gasteiger partial charge in [0.2, 0.25) is 0 Å². The highest BCUT2D eigenvalue weighted by molar-refractivity contribution is 5.98. The summed E-state index contributed by atoms with van der Waals surface area (Å²) in [5.41, 5.74) is 1.63. The number of aromatic nitrogens is 2. The maximum atomic E-state index is 12.4. The van der Waals surface area contributed by atoms with Gasteiger partial charge in [0.1, 0.15) is 5.76 Å². The van der Waals surface area contributed by atoms with Gasteiger partial charge in [-0.25, -0.2) is 4.68 Å². The fourth-order valence-electron chi connectivity index (χ4n) is 1.96. The Kier molecular flexibility index (Phi) is 9.14. The normalized spacial score (nSPS) is 11.8. The van der Waals surface area contributed by atoms with Crippen LogP contribution in [-0.2, 0) is 0 Å². The highest BCUT2D eigenvalue weighted by atomic mass is 16.3. The van der Waals surface area contributed by atoms with E-state index in [-0.39, 0.29) is 17.9 Å². The third-order valence-electron chi connectivity index (χ3n) is 3.15. The van der Waals surface area contributed by atoms with E-state index in [1.54, 1.807) is 12.1 Å². The Balaban J connectivity index is 0.00000163. The first-order valence-electron chi connectivity index (χ1n) is 8.32. The number of hydrogen-bond donors (Lipinski definition) is 2. The third kappa shape index (κ3) is 6.03. The van der Waals surface area contributed by atoms with Gasteiger partial charge in [-0.1, -0.05) is 62.9 Å². The van der Waals surface area contributed by atoms with Crippen molar-refractivity contribution in [2.45, 2.75) is 13.8 Å². The molecule has 1 aromatic carbocycles. The summed E-state index contributed by atoms with van der Waals surface area (Å²) in [5.74, 6) is -0.793. The molecule has 0 aliphatic heterocycles. The van der Waals surface area contributed by atoms with Crippen LogP contribution in [0.1, 0.15) is 29.9 Å². The lowest BCUT2D eigenvalue weighted by atomic mass is 10.2. The molecule has 5 nitrogen and oxygen atoms in total. The fraction of sp³-hybridized carbons (Fsp3) is 0.143. The van der Waals surface area contributed by atoms with Crippen LogP contribution in [0.4, 0.5) is 0 Å². The molecule has 0 aliphatic rings. The van der Waals surface area contributed by atoms with Gasteiger partial charge in [0.05, 0.1) is 17.9 Å². The SMILES string of the molecule is C=C/C(O)=C(\C=C/CO)C(=O)n1ccc(/C=C/c2ccccc2)n1.CC. The van der Waals surface area contributed by atoms with Crippen molar-refractivity contribution in [3.05, 3.63) is 90.0 Å². The molecule has 26 heavy (non-hydrogen) atoms. The highest BCUT2D eigenvalue weighted by Crippen LogP contribution is 2.11. The number of aliphatic hydroxyl groups is 2. The van der Waals surface area contributed by atoms with Gasteiger partial charge in [-0.15, -0.1) is 0 Å². The van der Waals surface area contributed by atoms with Crippen LogP contribution >= 0.6 is 0 Å². The second-order valence-corrected chi connectivity index (χ2v) is 4.82. The van der Waals surface area contributed by atoms with Crippen molar-refractivity contribution in [1.82, 2.24) is 9.78 Å². The van der Waals surface area contributed by atoms with Gasteiger partial charge in [0, 0.05) is 6.20 Å². The lowest BCUT2D eigenvalue weighted by Gasteiger charge is -2.03. The minimum Gasteiger partial charge on any atom is -0.507 e. The van der Waals surface area contributed by atoms with Crippen molar-refractivity contribution in [2.75, 3.05) is 6.61 Å². The zero-order valence-corrected chi connectivity index (χ0v) is 15.0. The quantitative estimate of drug-likeness (QED) is 0.462. The Morgan fingerprint density at radius 2 is 1.88 bits per heavy atom. The van der Waals surface area contributed by atoms with Crippen LogP contribution in [0.15, 0.2) is 78.7 Å². The van der Waals surface area contributed by atoms with Gasteiger partial charge >= 0.3 is 0 Å². The summed E-state index contributed by atoms with van der Waals surface area (Å²) in [7, 11) is 0. The van der Waals surface area contributed by atoms with Gasteiger partial charge in [-0.05, 0) is 29.9 Å². The molecule has 0 saturated carbocycles. The Morgan fingerprint density at radius 3 is 2.50 bits per heavy atom. The number of rotatable bonds is 6. The van der Waals surface area contributed by atoms with E-state index in [9.17, 15) is 9.90 Å². The largest absolute Gasteiger partial charge is 0.507 e. The predicted octanol–water partition coefficient (Wildman–Crippen LogP) is 4.27. The molecule has 0 fully saturated rings. The summed E-state index contributed by atoms with van der Waals surface area (Å²) >= 11 is 0. The molecule has 0 atom stereocenters. The maximum absolute atomic E-state index is 12.4. The molecular weight excluding hydrogens is 328 g/mol. The average molecular weight is 352 g/mol. The molecule has 5 heteroatoms. The number of hydrogen-bond acceptors (Lipinski definition) is 4. The average Bonchev–Trinajstić information content (AvgIpc) is 3.17. The molecule has 0 amide bonds. The van der Waals surface area contributed by atoms with E-state index >= 15 is 0 Å². The molecule has 0 unspecified atom stereocenters. The minimum absolute atomic E-state index is 0.000684. The smallest absolute Gasteiger partial charge is 0.281 e. The number of nitrogens with zero attached hydrogens (tertiary/aromatic N) is 2. The minimum atomic E-state index is -0.517. The summed E-state index contributed by atoms with van der Waals surface area (Å²) in [6, 6.07) is 11.4. The lowest BCUT2D eigenvalue weighted by Crippen LogP contribution is -2.14. The van der Waals surface area contributed by atoms with Crippen molar-refractivity contribution in [1.29, 1.82) is 0 Å². The molecule has 0 saturated heterocycles. The molecule has 0 radical (unpaired) electrons. The Morgan fingerprint density at radius 1 is 1.19 bits per heavy atom. The van der Waals surface area contributed by atoms with Crippen molar-refractivity contribution in [3.8, 4) is 0 Å². The number of carbonyl (C=O) groups is 1. The molecule has 0 aliphatic carbocycles. The van der Waals surface area contributed by atoms with Crippen LogP contribution in [0.25, 0.3) is 12.2 Å². The first-order chi connectivity index (χ1) is 12.7. The summed E-state index contributed by atoms with van der Waals surface area (Å²) in [4.78, 5) is 12.4. The van der Waals surface area contributed by atoms with Crippen molar-refractivity contribution >= 4 is 18.1 Å². The van der Waals surface area contributed by atoms with Crippen LogP contribution in [0.2, 0.25) is 0 Å². The standard InChI is InChI=1S/C19H18N2O3.C2H6/c1-2-18(23)17(9-6-14-22)19(24)21-13-12-16(20-21)11-10-15-7-4-3-5-8-15;1-2/h2-13,22-23H,1,14H2;1-2H3/b9-6-,11-10+,18-17-;. The topological polar surface area (TPSA) is 75.3 Å². The van der Waals surface area contributed by atoms with Crippen molar-refractivity contribution < 1.29 is 15.0 Å². The lowest BCUT2D eigenvalue weighted by molar-refractivity contribution is 0.0940. The monoisotopic (exact) mass is 352 g/mol. The van der Waals surface area contributed by atoms with Crippen LogP contribution in [0, 0.1) is 0 Å². The van der Waals surface area contributed by atoms with Crippen LogP contribution in [0.5, 0.6) is 0 Å². The molecule has 2 aromatic rings. The van der Waals surface area contributed by atoms with Crippen molar-refractivity contribution in [3.63, 3.8) is 0 Å². The second-order valence-electron chi connectivity index (χ2n) is 4.82. The first kappa shape index (κ1) is 20.9. The molecule has 0 spiro atoms. The molecule has 1 aromatic heterocycles. The molecule has 2 N–H and O–H groups in total. The highest BCUT2D eigenvalue weighted by Gasteiger charge is 2.14. The van der Waals surface area contributed by atoms with E-state index in [1.807, 2.05) is 50.3 Å². The van der Waals surface area contributed by atoms with E-state index in [1.165, 1.54) is 18.3 Å². The van der Waals surface area contributed by atoms with E-state index < -0.39 is 5.91 Å². The summed E-state index contributed by atoms with van der Waals surface area (Å²) in [5, 5.41) is 22.8. The van der Waals surface area contributed by atoms with E-state index in [0.717, 1.165) is 16.3 Å². The van der Waals surface area contributed by atoms with E-state index in [2.05, 4.69) is 11.7 Å². The number of benzene rings is 1. The molecule has 136 valence electrons. The van der Waals surface area contributed by atoms with Gasteiger partial charge in [-0.3, -0.25) is 4.79 Å². The second kappa shape index (κ2) is 11.4. The van der Waals surface area contributed by atoms with Crippen LogP contribution in [0.3, 0.4) is 0 Å². The Labute approximate surface area is 153 Å². The molecular formula is C21H24N2O3. The zero-order valence-electron chi connectivity index (χ0n) is 15.0. The number of allylic oxidation sites excluding steroid dienone is 3. The summed E-state index contributed by atoms with van der Waals surface area (Å²) in [6.07, 6.45) is 9.04. The fourth-order valence-corrected chi connectivity index (χ4v) is 1.96. The molecule has 0 bridgehead atoms. The number of aliphatic hydroxyl groups excluding tert-OH is 2. The predicted molar refractivity (Wildman–Crippen MR) is 106 cm³/mol. The summed E-state index contributed by atoms with van der Waals surface area (Å²) < 4.78 is 1.13. The summed E-state index contributed by atoms with van der Waals surface area (Å²) in [6.45, 7) is 7.19. The van der Waals surface area contributed by atoms with E-state index in [0.29, 0.717) is 5.69 Å².